The van der Waals surface area contributed by atoms with Crippen molar-refractivity contribution in [3.63, 3.8) is 0 Å². The molecule has 1 aromatic rings. The van der Waals surface area contributed by atoms with Gasteiger partial charge < -0.3 is 4.79 Å². The first-order chi connectivity index (χ1) is 6.45. The number of halogens is 3. The van der Waals surface area contributed by atoms with Gasteiger partial charge in [-0.3, -0.25) is 0 Å². The molecule has 1 nitrogen and oxygen atoms in total. The number of carbonyl (C=O) groups is 1. The molecule has 0 aromatic heterocycles. The molecule has 0 N–H and O–H groups in total. The highest BCUT2D eigenvalue weighted by Gasteiger charge is 2.40. The van der Waals surface area contributed by atoms with Crippen molar-refractivity contribution in [3.8, 4) is 0 Å². The van der Waals surface area contributed by atoms with Gasteiger partial charge in [-0.1, -0.05) is 29.8 Å². The zero-order valence-corrected chi connectivity index (χ0v) is 7.51. The summed E-state index contributed by atoms with van der Waals surface area (Å²) in [6.45, 7) is 1.77. The molecule has 0 saturated carbocycles. The number of rotatable bonds is 2. The lowest BCUT2D eigenvalue weighted by Gasteiger charge is -2.14. The number of aryl methyl sites for hydroxylation is 1. The Morgan fingerprint density at radius 2 is 1.71 bits per heavy atom. The molecule has 0 aliphatic carbocycles. The Hall–Kier alpha value is -1.32. The predicted molar refractivity (Wildman–Crippen MR) is 46.0 cm³/mol. The summed E-state index contributed by atoms with van der Waals surface area (Å²) in [4.78, 5) is 10.3. The van der Waals surface area contributed by atoms with E-state index in [-0.39, 0.29) is 11.8 Å². The Bertz CT molecular complexity index is 313. The number of hydrogen-bond acceptors (Lipinski definition) is 1. The average molecular weight is 202 g/mol. The fraction of sp³-hybridized carbons (Fsp3) is 0.300. The molecule has 1 atom stereocenters. The first-order valence-electron chi connectivity index (χ1n) is 4.03. The van der Waals surface area contributed by atoms with Gasteiger partial charge in [0.25, 0.3) is 0 Å². The zero-order chi connectivity index (χ0) is 10.8. The maximum Gasteiger partial charge on any atom is 0.402 e. The topological polar surface area (TPSA) is 17.1 Å². The summed E-state index contributed by atoms with van der Waals surface area (Å²) in [6, 6.07) is 5.75. The molecule has 1 rings (SSSR count). The SMILES string of the molecule is Cc1ccc(C(C=O)C(F)(F)F)cc1. The van der Waals surface area contributed by atoms with E-state index in [1.807, 2.05) is 0 Å². The van der Waals surface area contributed by atoms with E-state index >= 15 is 0 Å². The van der Waals surface area contributed by atoms with Crippen molar-refractivity contribution in [3.05, 3.63) is 35.4 Å². The lowest BCUT2D eigenvalue weighted by atomic mass is 9.99. The van der Waals surface area contributed by atoms with Crippen LogP contribution in [0.5, 0.6) is 0 Å². The van der Waals surface area contributed by atoms with Gasteiger partial charge in [0.1, 0.15) is 12.2 Å². The number of aldehydes is 1. The molecule has 76 valence electrons. The molecule has 1 unspecified atom stereocenters. The van der Waals surface area contributed by atoms with Crippen LogP contribution in [0.25, 0.3) is 0 Å². The highest BCUT2D eigenvalue weighted by molar-refractivity contribution is 5.63. The molecule has 0 aliphatic rings. The van der Waals surface area contributed by atoms with Crippen molar-refractivity contribution < 1.29 is 18.0 Å². The van der Waals surface area contributed by atoms with Gasteiger partial charge in [-0.15, -0.1) is 0 Å². The van der Waals surface area contributed by atoms with Gasteiger partial charge in [-0.05, 0) is 12.5 Å². The maximum atomic E-state index is 12.3. The lowest BCUT2D eigenvalue weighted by Crippen LogP contribution is -2.21. The maximum absolute atomic E-state index is 12.3. The van der Waals surface area contributed by atoms with Crippen LogP contribution in [-0.2, 0) is 4.79 Å². The number of carbonyl (C=O) groups excluding carboxylic acids is 1. The third-order valence-electron chi connectivity index (χ3n) is 1.93. The minimum atomic E-state index is -4.50. The molecule has 4 heteroatoms. The number of alkyl halides is 3. The standard InChI is InChI=1S/C10H9F3O/c1-7-2-4-8(5-3-7)9(6-14)10(11,12)13/h2-6,9H,1H3. The summed E-state index contributed by atoms with van der Waals surface area (Å²) in [5.41, 5.74) is 0.846. The summed E-state index contributed by atoms with van der Waals surface area (Å²) in [5.74, 6) is -2.01. The quantitative estimate of drug-likeness (QED) is 0.674. The third-order valence-corrected chi connectivity index (χ3v) is 1.93. The summed E-state index contributed by atoms with van der Waals surface area (Å²) in [6.07, 6.45) is -4.58. The van der Waals surface area contributed by atoms with Crippen LogP contribution >= 0.6 is 0 Å². The molecule has 0 aliphatic heterocycles. The summed E-state index contributed by atoms with van der Waals surface area (Å²) in [7, 11) is 0. The molecule has 0 saturated heterocycles. The highest BCUT2D eigenvalue weighted by atomic mass is 19.4. The van der Waals surface area contributed by atoms with Crippen LogP contribution in [0.1, 0.15) is 17.0 Å². The molecule has 0 amide bonds. The van der Waals surface area contributed by atoms with Gasteiger partial charge in [0, 0.05) is 0 Å². The fourth-order valence-corrected chi connectivity index (χ4v) is 1.12. The molecule has 0 heterocycles. The van der Waals surface area contributed by atoms with E-state index in [2.05, 4.69) is 0 Å². The van der Waals surface area contributed by atoms with Crippen molar-refractivity contribution in [2.75, 3.05) is 0 Å². The van der Waals surface area contributed by atoms with Gasteiger partial charge in [-0.2, -0.15) is 13.2 Å². The summed E-state index contributed by atoms with van der Waals surface area (Å²) in [5, 5.41) is 0. The van der Waals surface area contributed by atoms with Crippen LogP contribution in [-0.4, -0.2) is 12.5 Å². The van der Waals surface area contributed by atoms with Crippen LogP contribution in [0.3, 0.4) is 0 Å². The Kier molecular flexibility index (Phi) is 2.93. The second-order valence-electron chi connectivity index (χ2n) is 3.07. The second kappa shape index (κ2) is 3.82. The molecule has 0 fully saturated rings. The van der Waals surface area contributed by atoms with Gasteiger partial charge in [-0.25, -0.2) is 0 Å². The Labute approximate surface area is 79.5 Å². The van der Waals surface area contributed by atoms with E-state index in [1.165, 1.54) is 12.1 Å². The highest BCUT2D eigenvalue weighted by Crippen LogP contribution is 2.32. The van der Waals surface area contributed by atoms with E-state index in [0.29, 0.717) is 0 Å². The van der Waals surface area contributed by atoms with E-state index in [1.54, 1.807) is 19.1 Å². The normalized spacial score (nSPS) is 13.7. The van der Waals surface area contributed by atoms with E-state index in [9.17, 15) is 18.0 Å². The van der Waals surface area contributed by atoms with Crippen LogP contribution in [0.15, 0.2) is 24.3 Å². The largest absolute Gasteiger partial charge is 0.402 e. The molecular formula is C10H9F3O. The number of benzene rings is 1. The van der Waals surface area contributed by atoms with Gasteiger partial charge >= 0.3 is 6.18 Å². The Morgan fingerprint density at radius 1 is 1.21 bits per heavy atom. The molecule has 0 spiro atoms. The number of hydrogen-bond donors (Lipinski definition) is 0. The summed E-state index contributed by atoms with van der Waals surface area (Å²) >= 11 is 0. The zero-order valence-electron chi connectivity index (χ0n) is 7.51. The van der Waals surface area contributed by atoms with Crippen molar-refractivity contribution in [1.82, 2.24) is 0 Å². The minimum absolute atomic E-state index is 0.0156. The van der Waals surface area contributed by atoms with E-state index < -0.39 is 12.1 Å². The van der Waals surface area contributed by atoms with Crippen molar-refractivity contribution in [2.24, 2.45) is 0 Å². The van der Waals surface area contributed by atoms with Crippen molar-refractivity contribution in [1.29, 1.82) is 0 Å². The smallest absolute Gasteiger partial charge is 0.302 e. The van der Waals surface area contributed by atoms with Gasteiger partial charge in [0.15, 0.2) is 0 Å². The lowest BCUT2D eigenvalue weighted by molar-refractivity contribution is -0.155. The van der Waals surface area contributed by atoms with Crippen molar-refractivity contribution >= 4 is 6.29 Å². The van der Waals surface area contributed by atoms with E-state index in [4.69, 9.17) is 0 Å². The third kappa shape index (κ3) is 2.34. The van der Waals surface area contributed by atoms with Crippen LogP contribution in [0.2, 0.25) is 0 Å². The predicted octanol–water partition coefficient (Wildman–Crippen LogP) is 2.84. The molecule has 1 aromatic carbocycles. The molecule has 0 bridgehead atoms. The minimum Gasteiger partial charge on any atom is -0.302 e. The van der Waals surface area contributed by atoms with Crippen LogP contribution < -0.4 is 0 Å². The van der Waals surface area contributed by atoms with Gasteiger partial charge in [0.05, 0.1) is 0 Å². The van der Waals surface area contributed by atoms with Crippen LogP contribution in [0.4, 0.5) is 13.2 Å². The Morgan fingerprint density at radius 3 is 2.07 bits per heavy atom. The first-order valence-corrected chi connectivity index (χ1v) is 4.03. The average Bonchev–Trinajstić information content (AvgIpc) is 2.07. The first kappa shape index (κ1) is 10.8. The molecule has 14 heavy (non-hydrogen) atoms. The second-order valence-corrected chi connectivity index (χ2v) is 3.07. The van der Waals surface area contributed by atoms with E-state index in [0.717, 1.165) is 5.56 Å². The van der Waals surface area contributed by atoms with Gasteiger partial charge in [0.2, 0.25) is 0 Å². The van der Waals surface area contributed by atoms with Crippen LogP contribution in [0, 0.1) is 6.92 Å². The Balaban J connectivity index is 3.02. The molecule has 0 radical (unpaired) electrons. The monoisotopic (exact) mass is 202 g/mol. The van der Waals surface area contributed by atoms with Crippen molar-refractivity contribution in [2.45, 2.75) is 19.0 Å². The fourth-order valence-electron chi connectivity index (χ4n) is 1.12. The summed E-state index contributed by atoms with van der Waals surface area (Å²) < 4.78 is 36.8. The molecular weight excluding hydrogens is 193 g/mol.